The fourth-order valence-electron chi connectivity index (χ4n) is 3.88. The van der Waals surface area contributed by atoms with Gasteiger partial charge in [0, 0.05) is 6.04 Å². The molecule has 21 heavy (non-hydrogen) atoms. The SMILES string of the molecule is CCC(CC1CC1)N1C(=O)C(C)(C2CC2)NC(=O)C1CC. The number of piperazine rings is 1. The maximum absolute atomic E-state index is 13.2. The van der Waals surface area contributed by atoms with Crippen molar-refractivity contribution in [3.63, 3.8) is 0 Å². The quantitative estimate of drug-likeness (QED) is 0.817. The van der Waals surface area contributed by atoms with E-state index < -0.39 is 5.54 Å². The first-order chi connectivity index (χ1) is 10.0. The summed E-state index contributed by atoms with van der Waals surface area (Å²) in [6, 6.07) is -0.0351. The van der Waals surface area contributed by atoms with Gasteiger partial charge in [0.25, 0.3) is 0 Å². The third-order valence-electron chi connectivity index (χ3n) is 5.65. The molecule has 0 aromatic carbocycles. The molecule has 3 atom stereocenters. The van der Waals surface area contributed by atoms with Crippen LogP contribution in [0.15, 0.2) is 0 Å². The summed E-state index contributed by atoms with van der Waals surface area (Å²) in [7, 11) is 0. The van der Waals surface area contributed by atoms with E-state index in [1.165, 1.54) is 12.8 Å². The van der Waals surface area contributed by atoms with Crippen molar-refractivity contribution in [2.75, 3.05) is 0 Å². The summed E-state index contributed by atoms with van der Waals surface area (Å²) >= 11 is 0. The molecule has 3 unspecified atom stereocenters. The van der Waals surface area contributed by atoms with E-state index >= 15 is 0 Å². The van der Waals surface area contributed by atoms with Crippen LogP contribution in [-0.4, -0.2) is 34.3 Å². The standard InChI is InChI=1S/C17H28N2O2/c1-4-13(10-11-6-7-11)19-14(5-2)15(20)18-17(3,16(19)21)12-8-9-12/h11-14H,4-10H2,1-3H3,(H,18,20). The molecule has 3 aliphatic rings. The molecule has 0 spiro atoms. The Hall–Kier alpha value is -1.06. The Morgan fingerprint density at radius 1 is 1.24 bits per heavy atom. The molecule has 2 aliphatic carbocycles. The molecule has 1 N–H and O–H groups in total. The van der Waals surface area contributed by atoms with E-state index in [-0.39, 0.29) is 23.9 Å². The second-order valence-corrected chi connectivity index (χ2v) is 7.34. The predicted molar refractivity (Wildman–Crippen MR) is 81.6 cm³/mol. The predicted octanol–water partition coefficient (Wildman–Crippen LogP) is 2.47. The van der Waals surface area contributed by atoms with E-state index in [0.717, 1.165) is 31.6 Å². The fraction of sp³-hybridized carbons (Fsp3) is 0.882. The summed E-state index contributed by atoms with van der Waals surface area (Å²) in [6.07, 6.45) is 7.45. The molecule has 3 fully saturated rings. The Morgan fingerprint density at radius 3 is 2.38 bits per heavy atom. The third-order valence-corrected chi connectivity index (χ3v) is 5.65. The van der Waals surface area contributed by atoms with E-state index in [2.05, 4.69) is 12.2 Å². The topological polar surface area (TPSA) is 49.4 Å². The molecule has 1 aliphatic heterocycles. The first-order valence-electron chi connectivity index (χ1n) is 8.66. The molecular formula is C17H28N2O2. The second-order valence-electron chi connectivity index (χ2n) is 7.34. The summed E-state index contributed by atoms with van der Waals surface area (Å²) in [6.45, 7) is 6.09. The highest BCUT2D eigenvalue weighted by molar-refractivity contribution is 6.00. The first-order valence-corrected chi connectivity index (χ1v) is 8.66. The summed E-state index contributed by atoms with van der Waals surface area (Å²) in [4.78, 5) is 27.7. The van der Waals surface area contributed by atoms with Crippen molar-refractivity contribution >= 4 is 11.8 Å². The Balaban J connectivity index is 1.87. The molecule has 0 bridgehead atoms. The zero-order valence-electron chi connectivity index (χ0n) is 13.5. The summed E-state index contributed by atoms with van der Waals surface area (Å²) in [5.74, 6) is 1.34. The van der Waals surface area contributed by atoms with Crippen molar-refractivity contribution < 1.29 is 9.59 Å². The van der Waals surface area contributed by atoms with Gasteiger partial charge in [0.05, 0.1) is 0 Å². The van der Waals surface area contributed by atoms with Crippen LogP contribution in [0.3, 0.4) is 0 Å². The molecule has 1 heterocycles. The Morgan fingerprint density at radius 2 is 1.90 bits per heavy atom. The lowest BCUT2D eigenvalue weighted by Crippen LogP contribution is -2.71. The minimum atomic E-state index is -0.653. The highest BCUT2D eigenvalue weighted by atomic mass is 16.2. The van der Waals surface area contributed by atoms with Crippen molar-refractivity contribution in [3.05, 3.63) is 0 Å². The molecule has 1 saturated heterocycles. The van der Waals surface area contributed by atoms with Crippen molar-refractivity contribution in [1.29, 1.82) is 0 Å². The van der Waals surface area contributed by atoms with Crippen LogP contribution in [0.5, 0.6) is 0 Å². The van der Waals surface area contributed by atoms with Gasteiger partial charge >= 0.3 is 0 Å². The number of hydrogen-bond acceptors (Lipinski definition) is 2. The number of nitrogens with one attached hydrogen (secondary N) is 1. The highest BCUT2D eigenvalue weighted by Gasteiger charge is 2.56. The molecule has 2 saturated carbocycles. The van der Waals surface area contributed by atoms with Crippen molar-refractivity contribution in [3.8, 4) is 0 Å². The van der Waals surface area contributed by atoms with Gasteiger partial charge in [-0.1, -0.05) is 26.7 Å². The number of hydrogen-bond donors (Lipinski definition) is 1. The van der Waals surface area contributed by atoms with Crippen LogP contribution in [0.2, 0.25) is 0 Å². The fourth-order valence-corrected chi connectivity index (χ4v) is 3.88. The number of carbonyl (C=O) groups excluding carboxylic acids is 2. The van der Waals surface area contributed by atoms with E-state index in [1.807, 2.05) is 18.7 Å². The molecule has 4 nitrogen and oxygen atoms in total. The molecule has 0 radical (unpaired) electrons. The van der Waals surface area contributed by atoms with E-state index in [9.17, 15) is 9.59 Å². The van der Waals surface area contributed by atoms with Crippen molar-refractivity contribution in [2.24, 2.45) is 11.8 Å². The highest BCUT2D eigenvalue weighted by Crippen LogP contribution is 2.44. The van der Waals surface area contributed by atoms with Gasteiger partial charge in [-0.2, -0.15) is 0 Å². The number of carbonyl (C=O) groups is 2. The largest absolute Gasteiger partial charge is 0.340 e. The van der Waals surface area contributed by atoms with Crippen LogP contribution in [0.1, 0.15) is 65.7 Å². The average Bonchev–Trinajstić information content (AvgIpc) is 3.32. The molecule has 118 valence electrons. The van der Waals surface area contributed by atoms with Gasteiger partial charge in [-0.3, -0.25) is 9.59 Å². The van der Waals surface area contributed by atoms with Gasteiger partial charge in [0.15, 0.2) is 0 Å². The van der Waals surface area contributed by atoms with Crippen molar-refractivity contribution in [2.45, 2.75) is 83.3 Å². The number of nitrogens with zero attached hydrogens (tertiary/aromatic N) is 1. The van der Waals surface area contributed by atoms with Crippen LogP contribution in [-0.2, 0) is 9.59 Å². The molecule has 4 heteroatoms. The molecule has 2 amide bonds. The normalized spacial score (nSPS) is 34.8. The van der Waals surface area contributed by atoms with E-state index in [1.54, 1.807) is 0 Å². The van der Waals surface area contributed by atoms with E-state index in [4.69, 9.17) is 0 Å². The molecule has 0 aromatic rings. The smallest absolute Gasteiger partial charge is 0.249 e. The zero-order valence-corrected chi connectivity index (χ0v) is 13.5. The van der Waals surface area contributed by atoms with Gasteiger partial charge in [0.2, 0.25) is 11.8 Å². The third kappa shape index (κ3) is 2.58. The van der Waals surface area contributed by atoms with Crippen molar-refractivity contribution in [1.82, 2.24) is 10.2 Å². The van der Waals surface area contributed by atoms with Crippen LogP contribution >= 0.6 is 0 Å². The lowest BCUT2D eigenvalue weighted by molar-refractivity contribution is -0.159. The molecular weight excluding hydrogens is 264 g/mol. The van der Waals surface area contributed by atoms with Crippen LogP contribution in [0, 0.1) is 11.8 Å². The lowest BCUT2D eigenvalue weighted by Gasteiger charge is -2.48. The Bertz CT molecular complexity index is 442. The van der Waals surface area contributed by atoms with Gasteiger partial charge in [-0.05, 0) is 50.9 Å². The first kappa shape index (κ1) is 14.9. The minimum Gasteiger partial charge on any atom is -0.340 e. The lowest BCUT2D eigenvalue weighted by atomic mass is 9.86. The monoisotopic (exact) mass is 292 g/mol. The maximum Gasteiger partial charge on any atom is 0.249 e. The molecule has 0 aromatic heterocycles. The number of amides is 2. The van der Waals surface area contributed by atoms with E-state index in [0.29, 0.717) is 12.3 Å². The second kappa shape index (κ2) is 5.29. The van der Waals surface area contributed by atoms with Gasteiger partial charge < -0.3 is 10.2 Å². The minimum absolute atomic E-state index is 0.0562. The summed E-state index contributed by atoms with van der Waals surface area (Å²) in [5, 5.41) is 3.05. The zero-order chi connectivity index (χ0) is 15.2. The van der Waals surface area contributed by atoms with Crippen LogP contribution in [0.25, 0.3) is 0 Å². The molecule has 3 rings (SSSR count). The van der Waals surface area contributed by atoms with Gasteiger partial charge in [0.1, 0.15) is 11.6 Å². The van der Waals surface area contributed by atoms with Gasteiger partial charge in [-0.15, -0.1) is 0 Å². The van der Waals surface area contributed by atoms with Crippen LogP contribution in [0.4, 0.5) is 0 Å². The van der Waals surface area contributed by atoms with Gasteiger partial charge in [-0.25, -0.2) is 0 Å². The number of rotatable bonds is 6. The maximum atomic E-state index is 13.2. The Kier molecular flexibility index (Phi) is 3.74. The summed E-state index contributed by atoms with van der Waals surface area (Å²) in [5.41, 5.74) is -0.653. The average molecular weight is 292 g/mol. The Labute approximate surface area is 127 Å². The van der Waals surface area contributed by atoms with Crippen LogP contribution < -0.4 is 5.32 Å². The summed E-state index contributed by atoms with van der Waals surface area (Å²) < 4.78 is 0.